The van der Waals surface area contributed by atoms with Gasteiger partial charge in [0.05, 0.1) is 13.2 Å². The second-order valence-corrected chi connectivity index (χ2v) is 14.4. The predicted octanol–water partition coefficient (Wildman–Crippen LogP) is 9.88. The van der Waals surface area contributed by atoms with Crippen molar-refractivity contribution < 1.29 is 34.1 Å². The van der Waals surface area contributed by atoms with Crippen molar-refractivity contribution in [2.45, 2.75) is 219 Å². The van der Waals surface area contributed by atoms with Crippen molar-refractivity contribution in [1.82, 2.24) is 10.6 Å². The number of hydrogen-bond donors (Lipinski definition) is 4. The Morgan fingerprint density at radius 3 is 1.49 bits per heavy atom. The minimum atomic E-state index is -1.39. The molecule has 0 aliphatic rings. The zero-order chi connectivity index (χ0) is 37.6. The van der Waals surface area contributed by atoms with Crippen LogP contribution in [0.2, 0.25) is 0 Å². The van der Waals surface area contributed by atoms with Crippen LogP contribution in [0.5, 0.6) is 0 Å². The average Bonchev–Trinajstić information content (AvgIpc) is 3.11. The summed E-state index contributed by atoms with van der Waals surface area (Å²) >= 11 is 0. The van der Waals surface area contributed by atoms with E-state index in [-0.39, 0.29) is 30.9 Å². The molecule has 0 spiro atoms. The van der Waals surface area contributed by atoms with Gasteiger partial charge in [-0.1, -0.05) is 142 Å². The van der Waals surface area contributed by atoms with Gasteiger partial charge in [0.1, 0.15) is 12.1 Å². The van der Waals surface area contributed by atoms with Crippen molar-refractivity contribution in [3.05, 3.63) is 12.2 Å². The largest absolute Gasteiger partial charge is 0.480 e. The first-order chi connectivity index (χ1) is 24.8. The molecule has 51 heavy (non-hydrogen) atoms. The molecular formula is C42H78N2O7. The summed E-state index contributed by atoms with van der Waals surface area (Å²) in [6, 6.07) is -1.39. The molecule has 9 nitrogen and oxygen atoms in total. The minimum absolute atomic E-state index is 0.0778. The Labute approximate surface area is 311 Å². The van der Waals surface area contributed by atoms with Gasteiger partial charge in [-0.15, -0.1) is 0 Å². The molecule has 0 fully saturated rings. The Morgan fingerprint density at radius 1 is 0.569 bits per heavy atom. The van der Waals surface area contributed by atoms with Crippen LogP contribution in [0.3, 0.4) is 0 Å². The molecule has 0 aromatic heterocycles. The van der Waals surface area contributed by atoms with E-state index < -0.39 is 24.5 Å². The molecule has 2 atom stereocenters. The van der Waals surface area contributed by atoms with Gasteiger partial charge in [-0.25, -0.2) is 4.79 Å². The van der Waals surface area contributed by atoms with Crippen molar-refractivity contribution in [3.63, 3.8) is 0 Å². The zero-order valence-corrected chi connectivity index (χ0v) is 32.9. The first-order valence-corrected chi connectivity index (χ1v) is 21.1. The van der Waals surface area contributed by atoms with Crippen molar-refractivity contribution in [2.75, 3.05) is 13.2 Å². The quantitative estimate of drug-likeness (QED) is 0.0282. The van der Waals surface area contributed by atoms with Crippen LogP contribution in [0.15, 0.2) is 12.2 Å². The first-order valence-electron chi connectivity index (χ1n) is 21.1. The van der Waals surface area contributed by atoms with Gasteiger partial charge >= 0.3 is 11.9 Å². The summed E-state index contributed by atoms with van der Waals surface area (Å²) in [4.78, 5) is 47.3. The molecule has 0 bridgehead atoms. The third-order valence-electron chi connectivity index (χ3n) is 9.51. The number of rotatable bonds is 38. The van der Waals surface area contributed by atoms with Crippen LogP contribution >= 0.6 is 0 Å². The molecule has 0 aliphatic carbocycles. The van der Waals surface area contributed by atoms with Gasteiger partial charge in [0.25, 0.3) is 0 Å². The summed E-state index contributed by atoms with van der Waals surface area (Å²) < 4.78 is 5.90. The zero-order valence-electron chi connectivity index (χ0n) is 32.9. The maximum absolute atomic E-state index is 12.6. The molecule has 0 aliphatic heterocycles. The van der Waals surface area contributed by atoms with Crippen molar-refractivity contribution in [2.24, 2.45) is 0 Å². The molecule has 0 radical (unpaired) electrons. The van der Waals surface area contributed by atoms with Crippen molar-refractivity contribution >= 4 is 23.8 Å². The summed E-state index contributed by atoms with van der Waals surface area (Å²) in [6.45, 7) is 3.40. The van der Waals surface area contributed by atoms with Crippen LogP contribution in [0.25, 0.3) is 0 Å². The Kier molecular flexibility index (Phi) is 35.6. The van der Waals surface area contributed by atoms with Crippen LogP contribution in [-0.2, 0) is 23.9 Å². The number of esters is 1. The number of carbonyl (C=O) groups excluding carboxylic acids is 3. The fourth-order valence-corrected chi connectivity index (χ4v) is 6.24. The van der Waals surface area contributed by atoms with Crippen LogP contribution < -0.4 is 10.6 Å². The summed E-state index contributed by atoms with van der Waals surface area (Å²) in [5, 5.41) is 22.5. The lowest BCUT2D eigenvalue weighted by atomic mass is 10.0. The summed E-state index contributed by atoms with van der Waals surface area (Å²) in [6.07, 6.45) is 38.5. The van der Waals surface area contributed by atoms with Crippen LogP contribution in [0.1, 0.15) is 206 Å². The molecule has 2 amide bonds. The van der Waals surface area contributed by atoms with E-state index in [1.165, 1.54) is 116 Å². The Bertz CT molecular complexity index is 879. The Morgan fingerprint density at radius 2 is 1.00 bits per heavy atom. The van der Waals surface area contributed by atoms with Gasteiger partial charge in [-0.05, 0) is 64.2 Å². The number of carboxylic acid groups (broad SMARTS) is 1. The maximum atomic E-state index is 12.6. The minimum Gasteiger partial charge on any atom is -0.480 e. The average molecular weight is 723 g/mol. The van der Waals surface area contributed by atoms with E-state index in [4.69, 9.17) is 14.9 Å². The number of ether oxygens (including phenoxy) is 1. The number of allylic oxidation sites excluding steroid dienone is 2. The monoisotopic (exact) mass is 723 g/mol. The normalized spacial score (nSPS) is 12.5. The molecule has 0 saturated carbocycles. The number of carboxylic acids is 1. The van der Waals surface area contributed by atoms with E-state index in [0.717, 1.165) is 57.8 Å². The number of hydrogen-bond acceptors (Lipinski definition) is 6. The van der Waals surface area contributed by atoms with E-state index >= 15 is 0 Å². The maximum Gasteiger partial charge on any atom is 0.328 e. The summed E-state index contributed by atoms with van der Waals surface area (Å²) in [5.41, 5.74) is 0. The van der Waals surface area contributed by atoms with Crippen LogP contribution in [0.4, 0.5) is 0 Å². The lowest BCUT2D eigenvalue weighted by Gasteiger charge is -2.18. The fraction of sp³-hybridized carbons (Fsp3) is 0.857. The molecule has 2 unspecified atom stereocenters. The molecule has 0 heterocycles. The molecule has 4 N–H and O–H groups in total. The Balaban J connectivity index is 3.91. The lowest BCUT2D eigenvalue weighted by Crippen LogP contribution is -2.47. The van der Waals surface area contributed by atoms with Crippen molar-refractivity contribution in [1.29, 1.82) is 0 Å². The number of aliphatic hydroxyl groups excluding tert-OH is 1. The SMILES string of the molecule is CCCCCCCCCC/C=C\CCCCCCCCCCCC(=O)OC(CCCCCC)CCCCCC(=O)NCC(=O)NC(CO)C(=O)O. The molecule has 298 valence electrons. The number of aliphatic carboxylic acids is 1. The predicted molar refractivity (Wildman–Crippen MR) is 209 cm³/mol. The third-order valence-corrected chi connectivity index (χ3v) is 9.51. The third kappa shape index (κ3) is 34.4. The molecule has 9 heteroatoms. The highest BCUT2D eigenvalue weighted by atomic mass is 16.5. The molecule has 0 aromatic rings. The van der Waals surface area contributed by atoms with Gasteiger partial charge in [0.2, 0.25) is 11.8 Å². The molecule has 0 rings (SSSR count). The second-order valence-electron chi connectivity index (χ2n) is 14.4. The number of unbranched alkanes of at least 4 members (excludes halogenated alkanes) is 22. The van der Waals surface area contributed by atoms with Gasteiger partial charge < -0.3 is 25.6 Å². The summed E-state index contributed by atoms with van der Waals surface area (Å²) in [7, 11) is 0. The number of nitrogens with one attached hydrogen (secondary N) is 2. The van der Waals surface area contributed by atoms with Gasteiger partial charge in [-0.2, -0.15) is 0 Å². The van der Waals surface area contributed by atoms with E-state index in [9.17, 15) is 19.2 Å². The smallest absolute Gasteiger partial charge is 0.328 e. The van der Waals surface area contributed by atoms with Gasteiger partial charge in [0.15, 0.2) is 0 Å². The molecular weight excluding hydrogens is 644 g/mol. The second kappa shape index (κ2) is 37.3. The fourth-order valence-electron chi connectivity index (χ4n) is 6.24. The lowest BCUT2D eigenvalue weighted by molar-refractivity contribution is -0.150. The number of aliphatic hydroxyl groups is 1. The van der Waals surface area contributed by atoms with Gasteiger partial charge in [0, 0.05) is 12.8 Å². The highest BCUT2D eigenvalue weighted by Gasteiger charge is 2.19. The number of amides is 2. The standard InChI is InChI=1S/C42H78N2O7/c1-3-5-7-9-10-11-12-13-14-15-16-17-18-19-20-21-22-23-24-25-30-34-41(48)51-37(31-27-8-6-4-2)32-28-26-29-33-39(46)43-35-40(47)44-38(36-45)42(49)50/h15-16,37-38,45H,3-14,17-36H2,1-2H3,(H,43,46)(H,44,47)(H,49,50)/b16-15-. The van der Waals surface area contributed by atoms with Crippen LogP contribution in [-0.4, -0.2) is 59.3 Å². The summed E-state index contributed by atoms with van der Waals surface area (Å²) in [5.74, 6) is -2.38. The van der Waals surface area contributed by atoms with E-state index in [1.807, 2.05) is 0 Å². The van der Waals surface area contributed by atoms with E-state index in [1.54, 1.807) is 0 Å². The topological polar surface area (TPSA) is 142 Å². The van der Waals surface area contributed by atoms with Crippen LogP contribution in [0, 0.1) is 0 Å². The molecule has 0 aromatic carbocycles. The van der Waals surface area contributed by atoms with E-state index in [0.29, 0.717) is 12.8 Å². The Hall–Kier alpha value is -2.42. The first kappa shape index (κ1) is 48.6. The number of carbonyl (C=O) groups is 4. The molecule has 0 saturated heterocycles. The van der Waals surface area contributed by atoms with E-state index in [2.05, 4.69) is 36.6 Å². The highest BCUT2D eigenvalue weighted by molar-refractivity contribution is 5.87. The van der Waals surface area contributed by atoms with Gasteiger partial charge in [-0.3, -0.25) is 14.4 Å². The highest BCUT2D eigenvalue weighted by Crippen LogP contribution is 2.18. The van der Waals surface area contributed by atoms with Crippen molar-refractivity contribution in [3.8, 4) is 0 Å².